The van der Waals surface area contributed by atoms with E-state index in [0.29, 0.717) is 12.2 Å². The normalized spacial score (nSPS) is 7.85. The van der Waals surface area contributed by atoms with E-state index in [0.717, 1.165) is 0 Å². The Labute approximate surface area is 80.4 Å². The van der Waals surface area contributed by atoms with Crippen LogP contribution < -0.4 is 0 Å². The van der Waals surface area contributed by atoms with Crippen molar-refractivity contribution in [1.29, 1.82) is 0 Å². The maximum absolute atomic E-state index is 9.55. The topological polar surface area (TPSA) is 74.6 Å². The maximum Gasteiger partial charge on any atom is 0.328 e. The van der Waals surface area contributed by atoms with Crippen molar-refractivity contribution in [3.63, 3.8) is 0 Å². The van der Waals surface area contributed by atoms with Crippen LogP contribution >= 0.6 is 11.6 Å². The molecule has 72 valence electrons. The van der Waals surface area contributed by atoms with Crippen LogP contribution in [0.1, 0.15) is 6.92 Å². The number of hydrogen-bond donors (Lipinski definition) is 2. The molecule has 0 atom stereocenters. The molecule has 0 amide bonds. The van der Waals surface area contributed by atoms with Gasteiger partial charge in [0.1, 0.15) is 0 Å². The van der Waals surface area contributed by atoms with Gasteiger partial charge in [-0.05, 0) is 13.0 Å². The van der Waals surface area contributed by atoms with Gasteiger partial charge in [-0.15, -0.1) is 5.73 Å². The molecule has 0 heterocycles. The number of allylic oxidation sites excluding steroid dienone is 1. The zero-order valence-corrected chi connectivity index (χ0v) is 7.65. The van der Waals surface area contributed by atoms with Crippen LogP contribution in [0.25, 0.3) is 0 Å². The molecule has 0 aromatic heterocycles. The van der Waals surface area contributed by atoms with Crippen molar-refractivity contribution in [2.75, 3.05) is 0 Å². The Morgan fingerprint density at radius 1 is 1.23 bits per heavy atom. The molecule has 0 fully saturated rings. The Hall–Kier alpha value is -1.51. The zero-order chi connectivity index (χ0) is 10.7. The second kappa shape index (κ2) is 10.5. The zero-order valence-electron chi connectivity index (χ0n) is 6.90. The molecule has 0 saturated heterocycles. The van der Waals surface area contributed by atoms with Crippen LogP contribution in [0.2, 0.25) is 0 Å². The highest BCUT2D eigenvalue weighted by molar-refractivity contribution is 6.25. The van der Waals surface area contributed by atoms with Gasteiger partial charge in [0.15, 0.2) is 0 Å². The number of carboxylic acids is 2. The number of carboxylic acid groups (broad SMARTS) is 2. The summed E-state index contributed by atoms with van der Waals surface area (Å²) in [4.78, 5) is 19.1. The Kier molecular flexibility index (Phi) is 11.3. The molecule has 0 aromatic carbocycles. The van der Waals surface area contributed by atoms with Gasteiger partial charge < -0.3 is 10.2 Å². The molecule has 0 aliphatic rings. The summed E-state index contributed by atoms with van der Waals surface area (Å²) in [5, 5.41) is 15.6. The second-order valence-electron chi connectivity index (χ2n) is 1.57. The van der Waals surface area contributed by atoms with Crippen LogP contribution in [0, 0.1) is 0 Å². The lowest BCUT2D eigenvalue weighted by Crippen LogP contribution is -1.91. The first kappa shape index (κ1) is 14.0. The van der Waals surface area contributed by atoms with Gasteiger partial charge >= 0.3 is 11.9 Å². The van der Waals surface area contributed by atoms with Crippen LogP contribution in [0.5, 0.6) is 0 Å². The summed E-state index contributed by atoms with van der Waals surface area (Å²) in [5.41, 5.74) is 3.97. The van der Waals surface area contributed by atoms with Crippen LogP contribution in [0.15, 0.2) is 29.5 Å². The average Bonchev–Trinajstić information content (AvgIpc) is 2.03. The van der Waals surface area contributed by atoms with Gasteiger partial charge in [0.2, 0.25) is 0 Å². The number of aliphatic carboxylic acids is 2. The minimum Gasteiger partial charge on any atom is -0.478 e. The average molecular weight is 205 g/mol. The highest BCUT2D eigenvalue weighted by atomic mass is 35.5. The van der Waals surface area contributed by atoms with Crippen molar-refractivity contribution in [3.8, 4) is 0 Å². The second-order valence-corrected chi connectivity index (χ2v) is 1.79. The van der Waals surface area contributed by atoms with E-state index >= 15 is 0 Å². The molecule has 0 spiro atoms. The van der Waals surface area contributed by atoms with Crippen LogP contribution in [-0.2, 0) is 9.59 Å². The van der Waals surface area contributed by atoms with E-state index in [2.05, 4.69) is 5.73 Å². The fraction of sp³-hybridized carbons (Fsp3) is 0.125. The summed E-state index contributed by atoms with van der Waals surface area (Å²) < 4.78 is 0. The molecule has 0 radical (unpaired) electrons. The SMILES string of the molecule is CC=C=CCl.O=C(O)/C=C\C(=O)O. The van der Waals surface area contributed by atoms with Gasteiger partial charge in [-0.25, -0.2) is 9.59 Å². The van der Waals surface area contributed by atoms with Gasteiger partial charge in [-0.1, -0.05) is 11.6 Å². The smallest absolute Gasteiger partial charge is 0.328 e. The summed E-state index contributed by atoms with van der Waals surface area (Å²) >= 11 is 5.03. The molecule has 0 rings (SSSR count). The number of carbonyl (C=O) groups is 2. The fourth-order valence-electron chi connectivity index (χ4n) is 0.206. The largest absolute Gasteiger partial charge is 0.478 e. The van der Waals surface area contributed by atoms with E-state index in [1.54, 1.807) is 6.08 Å². The van der Waals surface area contributed by atoms with Crippen LogP contribution in [0.3, 0.4) is 0 Å². The van der Waals surface area contributed by atoms with Crippen LogP contribution in [0.4, 0.5) is 0 Å². The molecule has 0 unspecified atom stereocenters. The minimum absolute atomic E-state index is 0.558. The standard InChI is InChI=1S/C4H5Cl.C4H4O4/c1-2-3-4-5;5-3(6)1-2-4(7)8/h2,4H,1H3;1-2H,(H,5,6)(H,7,8)/b;2-1-. The van der Waals surface area contributed by atoms with Gasteiger partial charge in [0.05, 0.1) is 0 Å². The predicted octanol–water partition coefficient (Wildman–Crippen LogP) is 1.63. The summed E-state index contributed by atoms with van der Waals surface area (Å²) in [6.07, 6.45) is 2.86. The van der Waals surface area contributed by atoms with E-state index in [1.807, 2.05) is 6.92 Å². The summed E-state index contributed by atoms with van der Waals surface area (Å²) in [7, 11) is 0. The molecular weight excluding hydrogens is 196 g/mol. The number of rotatable bonds is 2. The lowest BCUT2D eigenvalue weighted by atomic mass is 10.5. The fourth-order valence-corrected chi connectivity index (χ4v) is 0.332. The first-order chi connectivity index (χ1) is 6.04. The molecule has 0 aliphatic carbocycles. The van der Waals surface area contributed by atoms with E-state index in [1.165, 1.54) is 5.54 Å². The Morgan fingerprint density at radius 3 is 1.69 bits per heavy atom. The van der Waals surface area contributed by atoms with Crippen LogP contribution in [-0.4, -0.2) is 22.2 Å². The molecule has 0 aromatic rings. The molecule has 0 aliphatic heterocycles. The van der Waals surface area contributed by atoms with Gasteiger partial charge in [0.25, 0.3) is 0 Å². The number of hydrogen-bond acceptors (Lipinski definition) is 2. The van der Waals surface area contributed by atoms with E-state index in [-0.39, 0.29) is 0 Å². The van der Waals surface area contributed by atoms with Gasteiger partial charge in [-0.3, -0.25) is 0 Å². The molecule has 4 nitrogen and oxygen atoms in total. The van der Waals surface area contributed by atoms with Crippen molar-refractivity contribution in [2.24, 2.45) is 0 Å². The third kappa shape index (κ3) is 25.1. The molecule has 5 heteroatoms. The highest BCUT2D eigenvalue weighted by Gasteiger charge is 1.88. The van der Waals surface area contributed by atoms with Gasteiger partial charge in [-0.2, -0.15) is 0 Å². The summed E-state index contributed by atoms with van der Waals surface area (Å²) in [6.45, 7) is 1.86. The summed E-state index contributed by atoms with van der Waals surface area (Å²) in [5.74, 6) is -2.51. The van der Waals surface area contributed by atoms with Crippen molar-refractivity contribution in [1.82, 2.24) is 0 Å². The monoisotopic (exact) mass is 204 g/mol. The highest BCUT2D eigenvalue weighted by Crippen LogP contribution is 1.70. The maximum atomic E-state index is 9.55. The minimum atomic E-state index is -1.26. The Morgan fingerprint density at radius 2 is 1.62 bits per heavy atom. The first-order valence-corrected chi connectivity index (χ1v) is 3.58. The van der Waals surface area contributed by atoms with Crippen molar-refractivity contribution in [3.05, 3.63) is 29.5 Å². The van der Waals surface area contributed by atoms with E-state index < -0.39 is 11.9 Å². The van der Waals surface area contributed by atoms with E-state index in [9.17, 15) is 9.59 Å². The molecule has 0 bridgehead atoms. The summed E-state index contributed by atoms with van der Waals surface area (Å²) in [6, 6.07) is 0. The molecular formula is C8H9ClO4. The third-order valence-electron chi connectivity index (χ3n) is 0.598. The van der Waals surface area contributed by atoms with Crippen molar-refractivity contribution >= 4 is 23.5 Å². The molecule has 13 heavy (non-hydrogen) atoms. The lowest BCUT2D eigenvalue weighted by molar-refractivity contribution is -0.134. The van der Waals surface area contributed by atoms with Crippen molar-refractivity contribution < 1.29 is 19.8 Å². The van der Waals surface area contributed by atoms with E-state index in [4.69, 9.17) is 21.8 Å². The molecule has 0 saturated carbocycles. The lowest BCUT2D eigenvalue weighted by Gasteiger charge is -1.74. The molecule has 2 N–H and O–H groups in total. The Bertz CT molecular complexity index is 227. The Balaban J connectivity index is 0. The van der Waals surface area contributed by atoms with Crippen molar-refractivity contribution in [2.45, 2.75) is 6.92 Å². The number of halogens is 1. The quantitative estimate of drug-likeness (QED) is 0.530. The third-order valence-corrected chi connectivity index (χ3v) is 0.724. The van der Waals surface area contributed by atoms with Gasteiger partial charge in [0, 0.05) is 17.7 Å². The first-order valence-electron chi connectivity index (χ1n) is 3.14. The predicted molar refractivity (Wildman–Crippen MR) is 48.6 cm³/mol.